The summed E-state index contributed by atoms with van der Waals surface area (Å²) < 4.78 is 6.30. The van der Waals surface area contributed by atoms with Crippen LogP contribution in [-0.2, 0) is 0 Å². The van der Waals surface area contributed by atoms with Gasteiger partial charge in [-0.3, -0.25) is 4.79 Å². The third kappa shape index (κ3) is 6.59. The van der Waals surface area contributed by atoms with E-state index in [2.05, 4.69) is 60.9 Å². The van der Waals surface area contributed by atoms with E-state index >= 15 is 0 Å². The molecule has 0 unspecified atom stereocenters. The largest absolute Gasteiger partial charge is 0.489 e. The van der Waals surface area contributed by atoms with Crippen LogP contribution in [0.15, 0.2) is 36.5 Å². The Hall–Kier alpha value is -2.82. The summed E-state index contributed by atoms with van der Waals surface area (Å²) in [6.07, 6.45) is 1.51. The molecule has 38 heavy (non-hydrogen) atoms. The Kier molecular flexibility index (Phi) is 11.0. The number of aromatic nitrogens is 1. The van der Waals surface area contributed by atoms with Gasteiger partial charge < -0.3 is 19.9 Å². The SMILES string of the molecule is CC.CC.CN1CCN(c2ccc(C(=O)NC3C(C)(C)C(Oc4ccc(C#N)c(Cl)c4)C3(C)C)cn2)CC1. The van der Waals surface area contributed by atoms with Gasteiger partial charge >= 0.3 is 0 Å². The number of carbonyl (C=O) groups is 1. The Labute approximate surface area is 234 Å². The molecule has 0 atom stereocenters. The number of halogens is 1. The first kappa shape index (κ1) is 31.4. The van der Waals surface area contributed by atoms with Crippen molar-refractivity contribution in [3.05, 3.63) is 52.7 Å². The van der Waals surface area contributed by atoms with Crippen LogP contribution in [0.1, 0.15) is 71.3 Å². The van der Waals surface area contributed by atoms with Crippen molar-refractivity contribution >= 4 is 23.3 Å². The van der Waals surface area contributed by atoms with E-state index in [1.54, 1.807) is 24.4 Å². The van der Waals surface area contributed by atoms with Crippen LogP contribution in [0, 0.1) is 22.2 Å². The molecule has 7 nitrogen and oxygen atoms in total. The molecule has 1 amide bonds. The number of rotatable bonds is 5. The number of piperazine rings is 1. The van der Waals surface area contributed by atoms with Gasteiger partial charge in [0.1, 0.15) is 23.7 Å². The average molecular weight is 542 g/mol. The van der Waals surface area contributed by atoms with Crippen LogP contribution in [0.2, 0.25) is 5.02 Å². The molecule has 2 aromatic rings. The lowest BCUT2D eigenvalue weighted by molar-refractivity contribution is -0.164. The zero-order chi connectivity index (χ0) is 28.7. The van der Waals surface area contributed by atoms with Crippen molar-refractivity contribution in [3.8, 4) is 11.8 Å². The minimum atomic E-state index is -0.313. The number of likely N-dealkylation sites (N-methyl/N-ethyl adjacent to an activating group) is 1. The van der Waals surface area contributed by atoms with Crippen molar-refractivity contribution in [2.45, 2.75) is 67.5 Å². The highest BCUT2D eigenvalue weighted by Gasteiger charge is 2.64. The number of pyridine rings is 1. The van der Waals surface area contributed by atoms with Crippen molar-refractivity contribution in [2.75, 3.05) is 38.1 Å². The number of anilines is 1. The van der Waals surface area contributed by atoms with E-state index < -0.39 is 0 Å². The highest BCUT2D eigenvalue weighted by Crippen LogP contribution is 2.55. The molecular formula is C30H44ClN5O2. The van der Waals surface area contributed by atoms with Crippen LogP contribution < -0.4 is 15.0 Å². The van der Waals surface area contributed by atoms with Crippen LogP contribution >= 0.6 is 11.6 Å². The van der Waals surface area contributed by atoms with Gasteiger partial charge in [-0.2, -0.15) is 5.26 Å². The van der Waals surface area contributed by atoms with Crippen molar-refractivity contribution in [1.29, 1.82) is 5.26 Å². The number of amides is 1. The third-order valence-corrected chi connectivity index (χ3v) is 7.58. The molecule has 1 aliphatic heterocycles. The van der Waals surface area contributed by atoms with Gasteiger partial charge in [0.05, 0.1) is 16.1 Å². The second-order valence-electron chi connectivity index (χ2n) is 10.5. The second kappa shape index (κ2) is 13.3. The number of nitriles is 1. The van der Waals surface area contributed by atoms with E-state index in [0.717, 1.165) is 32.0 Å². The first-order valence-corrected chi connectivity index (χ1v) is 14.0. The smallest absolute Gasteiger partial charge is 0.253 e. The van der Waals surface area contributed by atoms with E-state index in [9.17, 15) is 4.79 Å². The summed E-state index contributed by atoms with van der Waals surface area (Å²) in [5.41, 5.74) is 0.339. The summed E-state index contributed by atoms with van der Waals surface area (Å²) in [4.78, 5) is 22.2. The normalized spacial score (nSPS) is 21.3. The van der Waals surface area contributed by atoms with Gasteiger partial charge in [0, 0.05) is 55.3 Å². The van der Waals surface area contributed by atoms with E-state index in [1.165, 1.54) is 0 Å². The Morgan fingerprint density at radius 3 is 2.16 bits per heavy atom. The Morgan fingerprint density at radius 1 is 1.05 bits per heavy atom. The van der Waals surface area contributed by atoms with Crippen LogP contribution in [0.4, 0.5) is 5.82 Å². The van der Waals surface area contributed by atoms with Gasteiger partial charge in [0.2, 0.25) is 0 Å². The van der Waals surface area contributed by atoms with Crippen molar-refractivity contribution in [1.82, 2.24) is 15.2 Å². The highest BCUT2D eigenvalue weighted by molar-refractivity contribution is 6.31. The second-order valence-corrected chi connectivity index (χ2v) is 10.9. The maximum Gasteiger partial charge on any atom is 0.253 e. The Morgan fingerprint density at radius 2 is 1.66 bits per heavy atom. The van der Waals surface area contributed by atoms with Crippen LogP contribution in [0.3, 0.4) is 0 Å². The van der Waals surface area contributed by atoms with Crippen molar-refractivity contribution in [2.24, 2.45) is 10.8 Å². The minimum absolute atomic E-state index is 0.0938. The Balaban J connectivity index is 0.00000121. The maximum absolute atomic E-state index is 13.1. The zero-order valence-electron chi connectivity index (χ0n) is 24.4. The number of hydrogen-bond acceptors (Lipinski definition) is 6. The highest BCUT2D eigenvalue weighted by atomic mass is 35.5. The van der Waals surface area contributed by atoms with E-state index in [1.807, 2.05) is 39.8 Å². The molecule has 2 fully saturated rings. The number of nitrogens with one attached hydrogen (secondary N) is 1. The standard InChI is InChI=1S/C26H32ClN5O2.2C2H6/c1-25(2)23(26(3,4)24(25)34-19-8-6-17(15-28)20(27)14-19)30-22(33)18-7-9-21(29-16-18)32-12-10-31(5)11-13-32;2*1-2/h6-9,14,16,23-24H,10-13H2,1-5H3,(H,30,33);2*1-2H3. The zero-order valence-corrected chi connectivity index (χ0v) is 25.2. The summed E-state index contributed by atoms with van der Waals surface area (Å²) in [5.74, 6) is 1.38. The molecule has 0 spiro atoms. The van der Waals surface area contributed by atoms with Gasteiger partial charge in [-0.05, 0) is 31.3 Å². The lowest BCUT2D eigenvalue weighted by Gasteiger charge is -2.63. The molecule has 2 heterocycles. The topological polar surface area (TPSA) is 81.5 Å². The number of ether oxygens (including phenoxy) is 1. The molecule has 208 valence electrons. The molecule has 1 aliphatic carbocycles. The number of hydrogen-bond donors (Lipinski definition) is 1. The number of nitrogens with zero attached hydrogens (tertiary/aromatic N) is 4. The van der Waals surface area contributed by atoms with Crippen molar-refractivity contribution < 1.29 is 9.53 Å². The lowest BCUT2D eigenvalue weighted by atomic mass is 9.49. The summed E-state index contributed by atoms with van der Waals surface area (Å²) in [7, 11) is 2.12. The summed E-state index contributed by atoms with van der Waals surface area (Å²) in [5, 5.41) is 12.7. The van der Waals surface area contributed by atoms with Crippen LogP contribution in [0.5, 0.6) is 5.75 Å². The fraction of sp³-hybridized carbons (Fsp3) is 0.567. The monoisotopic (exact) mass is 541 g/mol. The van der Waals surface area contributed by atoms with E-state index in [-0.39, 0.29) is 28.9 Å². The first-order valence-electron chi connectivity index (χ1n) is 13.6. The molecule has 1 aromatic heterocycles. The summed E-state index contributed by atoms with van der Waals surface area (Å²) >= 11 is 6.18. The minimum Gasteiger partial charge on any atom is -0.489 e. The molecule has 0 radical (unpaired) electrons. The predicted octanol–water partition coefficient (Wildman–Crippen LogP) is 6.02. The number of benzene rings is 1. The number of carbonyl (C=O) groups excluding carboxylic acids is 1. The molecule has 8 heteroatoms. The van der Waals surface area contributed by atoms with Gasteiger partial charge in [0.15, 0.2) is 0 Å². The Bertz CT molecular complexity index is 1090. The molecule has 0 bridgehead atoms. The van der Waals surface area contributed by atoms with Gasteiger partial charge in [0.25, 0.3) is 5.91 Å². The summed E-state index contributed by atoms with van der Waals surface area (Å²) in [6.45, 7) is 20.3. The fourth-order valence-corrected chi connectivity index (χ4v) is 5.77. The van der Waals surface area contributed by atoms with Gasteiger partial charge in [-0.15, -0.1) is 0 Å². The van der Waals surface area contributed by atoms with Crippen LogP contribution in [0.25, 0.3) is 0 Å². The predicted molar refractivity (Wildman–Crippen MR) is 156 cm³/mol. The first-order chi connectivity index (χ1) is 18.0. The van der Waals surface area contributed by atoms with E-state index in [0.29, 0.717) is 21.9 Å². The molecule has 4 rings (SSSR count). The van der Waals surface area contributed by atoms with Gasteiger partial charge in [-0.25, -0.2) is 4.98 Å². The average Bonchev–Trinajstić information content (AvgIpc) is 2.93. The maximum atomic E-state index is 13.1. The molecule has 1 N–H and O–H groups in total. The fourth-order valence-electron chi connectivity index (χ4n) is 5.55. The molecular weight excluding hydrogens is 498 g/mol. The van der Waals surface area contributed by atoms with Crippen molar-refractivity contribution in [3.63, 3.8) is 0 Å². The molecule has 1 saturated carbocycles. The summed E-state index contributed by atoms with van der Waals surface area (Å²) in [6, 6.07) is 10.8. The van der Waals surface area contributed by atoms with Gasteiger partial charge in [-0.1, -0.05) is 67.0 Å². The third-order valence-electron chi connectivity index (χ3n) is 7.27. The van der Waals surface area contributed by atoms with Crippen LogP contribution in [-0.4, -0.2) is 61.2 Å². The van der Waals surface area contributed by atoms with E-state index in [4.69, 9.17) is 21.6 Å². The molecule has 1 aromatic carbocycles. The molecule has 1 saturated heterocycles. The lowest BCUT2D eigenvalue weighted by Crippen LogP contribution is -2.74. The molecule has 2 aliphatic rings. The quantitative estimate of drug-likeness (QED) is 0.498.